The molecule has 18 heavy (non-hydrogen) atoms. The molecule has 0 saturated carbocycles. The fraction of sp³-hybridized carbons (Fsp3) is 0.333. The number of carbonyl (C=O) groups is 1. The van der Waals surface area contributed by atoms with E-state index in [4.69, 9.17) is 10.8 Å². The van der Waals surface area contributed by atoms with Crippen molar-refractivity contribution in [2.24, 2.45) is 5.73 Å². The van der Waals surface area contributed by atoms with Gasteiger partial charge in [0, 0.05) is 12.7 Å². The number of nitrogens with two attached hydrogens (primary N) is 1. The Morgan fingerprint density at radius 3 is 2.33 bits per heavy atom. The van der Waals surface area contributed by atoms with Crippen LogP contribution in [0.25, 0.3) is 0 Å². The van der Waals surface area contributed by atoms with Crippen LogP contribution >= 0.6 is 0 Å². The number of hydrogen-bond acceptors (Lipinski definition) is 3. The second kappa shape index (κ2) is 4.84. The maximum absolute atomic E-state index is 12.5. The Kier molecular flexibility index (Phi) is 3.85. The van der Waals surface area contributed by atoms with Crippen LogP contribution in [0.4, 0.5) is 22.0 Å². The van der Waals surface area contributed by atoms with Gasteiger partial charge in [0.15, 0.2) is 0 Å². The van der Waals surface area contributed by atoms with Crippen molar-refractivity contribution in [3.63, 3.8) is 0 Å². The summed E-state index contributed by atoms with van der Waals surface area (Å²) in [6.45, 7) is -0.835. The average Bonchev–Trinajstić information content (AvgIpc) is 2.25. The third kappa shape index (κ3) is 2.55. The van der Waals surface area contributed by atoms with Crippen LogP contribution in [0, 0.1) is 0 Å². The van der Waals surface area contributed by atoms with E-state index in [1.54, 1.807) is 0 Å². The first kappa shape index (κ1) is 14.3. The predicted molar refractivity (Wildman–Crippen MR) is 49.0 cm³/mol. The van der Waals surface area contributed by atoms with E-state index < -0.39 is 47.5 Å². The van der Waals surface area contributed by atoms with Crippen LogP contribution in [0.5, 0.6) is 0 Å². The lowest BCUT2D eigenvalue weighted by atomic mass is 10.0. The van der Waals surface area contributed by atoms with Crippen molar-refractivity contribution in [3.8, 4) is 0 Å². The van der Waals surface area contributed by atoms with E-state index in [2.05, 4.69) is 4.98 Å². The van der Waals surface area contributed by atoms with Gasteiger partial charge >= 0.3 is 12.1 Å². The molecule has 9 heteroatoms. The topological polar surface area (TPSA) is 76.2 Å². The quantitative estimate of drug-likeness (QED) is 0.825. The number of aromatic nitrogens is 1. The van der Waals surface area contributed by atoms with Crippen LogP contribution in [0.1, 0.15) is 33.6 Å². The first-order valence-electron chi connectivity index (χ1n) is 4.50. The van der Waals surface area contributed by atoms with Crippen LogP contribution in [0.3, 0.4) is 0 Å². The van der Waals surface area contributed by atoms with E-state index in [-0.39, 0.29) is 6.20 Å². The number of aromatic carboxylic acids is 1. The van der Waals surface area contributed by atoms with Gasteiger partial charge in [0.25, 0.3) is 6.43 Å². The highest BCUT2D eigenvalue weighted by Crippen LogP contribution is 2.35. The molecule has 1 aromatic heterocycles. The molecule has 0 radical (unpaired) electrons. The Hall–Kier alpha value is -1.77. The van der Waals surface area contributed by atoms with Gasteiger partial charge < -0.3 is 10.8 Å². The maximum atomic E-state index is 12.5. The SMILES string of the molecule is NCc1c(C(F)(F)F)cnc(C(F)F)c1C(=O)O. The van der Waals surface area contributed by atoms with E-state index in [0.29, 0.717) is 0 Å². The van der Waals surface area contributed by atoms with Crippen LogP contribution in [-0.2, 0) is 12.7 Å². The monoisotopic (exact) mass is 270 g/mol. The Balaban J connectivity index is 3.64. The zero-order valence-corrected chi connectivity index (χ0v) is 8.63. The Morgan fingerprint density at radius 2 is 2.00 bits per heavy atom. The molecule has 0 fully saturated rings. The highest BCUT2D eigenvalue weighted by molar-refractivity contribution is 5.91. The molecule has 0 unspecified atom stereocenters. The lowest BCUT2D eigenvalue weighted by Gasteiger charge is -2.15. The standard InChI is InChI=1S/C9H7F5N2O2/c10-7(11)6-5(8(17)18)3(1-15)4(2-16-6)9(12,13)14/h2,7H,1,15H2,(H,17,18). The van der Waals surface area contributed by atoms with Gasteiger partial charge in [0.05, 0.1) is 11.1 Å². The smallest absolute Gasteiger partial charge is 0.418 e. The molecule has 0 aliphatic heterocycles. The van der Waals surface area contributed by atoms with Crippen LogP contribution in [0.15, 0.2) is 6.20 Å². The Labute approximate surface area is 97.2 Å². The molecular weight excluding hydrogens is 263 g/mol. The first-order chi connectivity index (χ1) is 8.20. The molecule has 1 heterocycles. The molecular formula is C9H7F5N2O2. The van der Waals surface area contributed by atoms with Crippen molar-refractivity contribution >= 4 is 5.97 Å². The summed E-state index contributed by atoms with van der Waals surface area (Å²) in [5, 5.41) is 8.72. The molecule has 1 aromatic rings. The fourth-order valence-electron chi connectivity index (χ4n) is 1.43. The molecule has 0 aromatic carbocycles. The number of alkyl halides is 5. The number of nitrogens with zero attached hydrogens (tertiary/aromatic N) is 1. The van der Waals surface area contributed by atoms with Gasteiger partial charge in [0.2, 0.25) is 0 Å². The minimum Gasteiger partial charge on any atom is -0.478 e. The van der Waals surface area contributed by atoms with Crippen LogP contribution in [-0.4, -0.2) is 16.1 Å². The second-order valence-corrected chi connectivity index (χ2v) is 3.22. The average molecular weight is 270 g/mol. The summed E-state index contributed by atoms with van der Waals surface area (Å²) in [4.78, 5) is 13.7. The molecule has 0 atom stereocenters. The molecule has 0 bridgehead atoms. The number of rotatable bonds is 3. The van der Waals surface area contributed by atoms with Gasteiger partial charge in [-0.15, -0.1) is 0 Å². The van der Waals surface area contributed by atoms with Gasteiger partial charge in [-0.2, -0.15) is 13.2 Å². The highest BCUT2D eigenvalue weighted by Gasteiger charge is 2.37. The van der Waals surface area contributed by atoms with Crippen molar-refractivity contribution in [1.82, 2.24) is 4.98 Å². The second-order valence-electron chi connectivity index (χ2n) is 3.22. The van der Waals surface area contributed by atoms with Crippen LogP contribution < -0.4 is 5.73 Å². The van der Waals surface area contributed by atoms with Gasteiger partial charge in [-0.25, -0.2) is 13.6 Å². The summed E-state index contributed by atoms with van der Waals surface area (Å²) < 4.78 is 62.6. The molecule has 0 amide bonds. The molecule has 0 aliphatic rings. The number of pyridine rings is 1. The van der Waals surface area contributed by atoms with E-state index in [1.165, 1.54) is 0 Å². The van der Waals surface area contributed by atoms with Crippen LogP contribution in [0.2, 0.25) is 0 Å². The van der Waals surface area contributed by atoms with Crippen molar-refractivity contribution in [3.05, 3.63) is 28.6 Å². The molecule has 3 N–H and O–H groups in total. The minimum absolute atomic E-state index is 0.163. The largest absolute Gasteiger partial charge is 0.478 e. The van der Waals surface area contributed by atoms with Gasteiger partial charge in [-0.05, 0) is 5.56 Å². The summed E-state index contributed by atoms with van der Waals surface area (Å²) in [6.07, 6.45) is -8.05. The number of hydrogen-bond donors (Lipinski definition) is 2. The first-order valence-corrected chi connectivity index (χ1v) is 4.50. The normalized spacial score (nSPS) is 11.9. The molecule has 0 saturated heterocycles. The number of halogens is 5. The Bertz CT molecular complexity index is 473. The lowest BCUT2D eigenvalue weighted by Crippen LogP contribution is -2.20. The maximum Gasteiger partial charge on any atom is 0.418 e. The molecule has 1 rings (SSSR count). The molecule has 0 spiro atoms. The van der Waals surface area contributed by atoms with Gasteiger partial charge in [-0.1, -0.05) is 0 Å². The van der Waals surface area contributed by atoms with Crippen molar-refractivity contribution < 1.29 is 31.9 Å². The van der Waals surface area contributed by atoms with Crippen molar-refractivity contribution in [2.75, 3.05) is 0 Å². The number of carboxylic acid groups (broad SMARTS) is 1. The third-order valence-corrected chi connectivity index (χ3v) is 2.15. The van der Waals surface area contributed by atoms with Crippen molar-refractivity contribution in [2.45, 2.75) is 19.1 Å². The highest BCUT2D eigenvalue weighted by atomic mass is 19.4. The zero-order chi connectivity index (χ0) is 14.1. The minimum atomic E-state index is -4.91. The summed E-state index contributed by atoms with van der Waals surface area (Å²) in [5.41, 5.74) is 0.274. The van der Waals surface area contributed by atoms with Crippen molar-refractivity contribution in [1.29, 1.82) is 0 Å². The summed E-state index contributed by atoms with van der Waals surface area (Å²) in [7, 11) is 0. The van der Waals surface area contributed by atoms with E-state index in [9.17, 15) is 26.7 Å². The molecule has 0 aliphatic carbocycles. The van der Waals surface area contributed by atoms with Gasteiger partial charge in [0.1, 0.15) is 5.69 Å². The zero-order valence-electron chi connectivity index (χ0n) is 8.63. The van der Waals surface area contributed by atoms with Gasteiger partial charge in [-0.3, -0.25) is 4.98 Å². The summed E-state index contributed by atoms with van der Waals surface area (Å²) >= 11 is 0. The lowest BCUT2D eigenvalue weighted by molar-refractivity contribution is -0.138. The number of carboxylic acids is 1. The van der Waals surface area contributed by atoms with E-state index in [0.717, 1.165) is 0 Å². The fourth-order valence-corrected chi connectivity index (χ4v) is 1.43. The third-order valence-electron chi connectivity index (χ3n) is 2.15. The molecule has 100 valence electrons. The molecule has 4 nitrogen and oxygen atoms in total. The van der Waals surface area contributed by atoms with E-state index in [1.807, 2.05) is 0 Å². The van der Waals surface area contributed by atoms with E-state index >= 15 is 0 Å². The predicted octanol–water partition coefficient (Wildman–Crippen LogP) is 2.19. The summed E-state index contributed by atoms with van der Waals surface area (Å²) in [6, 6.07) is 0. The Morgan fingerprint density at radius 1 is 1.44 bits per heavy atom. The summed E-state index contributed by atoms with van der Waals surface area (Å²) in [5.74, 6) is -1.93.